The monoisotopic (exact) mass is 294 g/mol. The highest BCUT2D eigenvalue weighted by Crippen LogP contribution is 2.32. The molecule has 0 radical (unpaired) electrons. The molecular formula is C15H29F3N2. The maximum Gasteiger partial charge on any atom is 0.401 e. The lowest BCUT2D eigenvalue weighted by Gasteiger charge is -2.43. The van der Waals surface area contributed by atoms with Crippen LogP contribution in [0.25, 0.3) is 0 Å². The van der Waals surface area contributed by atoms with Gasteiger partial charge in [0, 0.05) is 12.1 Å². The van der Waals surface area contributed by atoms with E-state index in [0.29, 0.717) is 12.5 Å². The van der Waals surface area contributed by atoms with Crippen LogP contribution in [0.4, 0.5) is 13.2 Å². The van der Waals surface area contributed by atoms with Crippen molar-refractivity contribution >= 4 is 0 Å². The summed E-state index contributed by atoms with van der Waals surface area (Å²) in [5, 5.41) is 3.23. The van der Waals surface area contributed by atoms with Crippen LogP contribution in [0.3, 0.4) is 0 Å². The maximum absolute atomic E-state index is 12.8. The molecule has 0 amide bonds. The average molecular weight is 294 g/mol. The molecule has 1 N–H and O–H groups in total. The third kappa shape index (κ3) is 5.60. The van der Waals surface area contributed by atoms with Gasteiger partial charge in [-0.15, -0.1) is 0 Å². The molecule has 1 fully saturated rings. The van der Waals surface area contributed by atoms with E-state index in [1.807, 2.05) is 14.0 Å². The molecule has 1 saturated carbocycles. The third-order valence-corrected chi connectivity index (χ3v) is 4.36. The Morgan fingerprint density at radius 2 is 1.85 bits per heavy atom. The molecule has 0 heterocycles. The van der Waals surface area contributed by atoms with Gasteiger partial charge in [-0.2, -0.15) is 13.2 Å². The van der Waals surface area contributed by atoms with Crippen molar-refractivity contribution < 1.29 is 13.2 Å². The van der Waals surface area contributed by atoms with Crippen LogP contribution in [0.2, 0.25) is 0 Å². The molecule has 0 spiro atoms. The van der Waals surface area contributed by atoms with Crippen LogP contribution in [0.5, 0.6) is 0 Å². The minimum Gasteiger partial charge on any atom is -0.315 e. The number of rotatable bonds is 7. The third-order valence-electron chi connectivity index (χ3n) is 4.36. The highest BCUT2D eigenvalue weighted by molar-refractivity contribution is 4.91. The summed E-state index contributed by atoms with van der Waals surface area (Å²) in [6, 6.07) is 0.212. The van der Waals surface area contributed by atoms with Gasteiger partial charge in [0.25, 0.3) is 0 Å². The average Bonchev–Trinajstić information content (AvgIpc) is 2.37. The summed E-state index contributed by atoms with van der Waals surface area (Å²) in [5.41, 5.74) is 0. The summed E-state index contributed by atoms with van der Waals surface area (Å²) in [6.45, 7) is 3.85. The molecule has 0 bridgehead atoms. The zero-order valence-corrected chi connectivity index (χ0v) is 13.0. The van der Waals surface area contributed by atoms with Gasteiger partial charge in [0.2, 0.25) is 0 Å². The summed E-state index contributed by atoms with van der Waals surface area (Å²) >= 11 is 0. The van der Waals surface area contributed by atoms with Crippen molar-refractivity contribution in [3.05, 3.63) is 0 Å². The molecule has 120 valence electrons. The van der Waals surface area contributed by atoms with E-state index >= 15 is 0 Å². The summed E-state index contributed by atoms with van der Waals surface area (Å²) in [4.78, 5) is 1.66. The topological polar surface area (TPSA) is 15.3 Å². The summed E-state index contributed by atoms with van der Waals surface area (Å²) in [7, 11) is 1.87. The van der Waals surface area contributed by atoms with Crippen LogP contribution in [-0.2, 0) is 0 Å². The fourth-order valence-electron chi connectivity index (χ4n) is 3.52. The van der Waals surface area contributed by atoms with Crippen LogP contribution in [0.15, 0.2) is 0 Å². The zero-order chi connectivity index (χ0) is 15.2. The molecule has 0 aromatic rings. The van der Waals surface area contributed by atoms with Crippen LogP contribution in [0, 0.1) is 5.92 Å². The molecule has 1 rings (SSSR count). The Morgan fingerprint density at radius 1 is 1.15 bits per heavy atom. The number of alkyl halides is 3. The highest BCUT2D eigenvalue weighted by atomic mass is 19.4. The molecule has 1 aliphatic rings. The van der Waals surface area contributed by atoms with Crippen molar-refractivity contribution in [3.63, 3.8) is 0 Å². The Kier molecular flexibility index (Phi) is 7.30. The van der Waals surface area contributed by atoms with Gasteiger partial charge in [0.05, 0.1) is 6.54 Å². The minimum absolute atomic E-state index is 0.0203. The van der Waals surface area contributed by atoms with Crippen molar-refractivity contribution in [1.29, 1.82) is 0 Å². The molecule has 20 heavy (non-hydrogen) atoms. The first-order valence-electron chi connectivity index (χ1n) is 7.89. The van der Waals surface area contributed by atoms with E-state index in [-0.39, 0.29) is 12.1 Å². The maximum atomic E-state index is 12.8. The molecular weight excluding hydrogens is 265 g/mol. The van der Waals surface area contributed by atoms with Crippen molar-refractivity contribution in [1.82, 2.24) is 10.2 Å². The van der Waals surface area contributed by atoms with E-state index in [1.165, 1.54) is 0 Å². The Morgan fingerprint density at radius 3 is 2.35 bits per heavy atom. The van der Waals surface area contributed by atoms with Gasteiger partial charge >= 0.3 is 6.18 Å². The fraction of sp³-hybridized carbons (Fsp3) is 1.00. The molecule has 1 aliphatic carbocycles. The first kappa shape index (κ1) is 17.8. The lowest BCUT2D eigenvalue weighted by atomic mass is 9.79. The standard InChI is InChI=1S/C15H29F3N2/c1-4-6-12-7-8-13(19-3)14(10-12)20(9-5-2)11-15(16,17)18/h12-14,19H,4-11H2,1-3H3. The Labute approximate surface area is 121 Å². The lowest BCUT2D eigenvalue weighted by Crippen LogP contribution is -2.54. The van der Waals surface area contributed by atoms with Crippen molar-refractivity contribution in [2.45, 2.75) is 70.6 Å². The summed E-state index contributed by atoms with van der Waals surface area (Å²) in [5.74, 6) is 0.585. The van der Waals surface area contributed by atoms with Crippen molar-refractivity contribution in [3.8, 4) is 0 Å². The van der Waals surface area contributed by atoms with E-state index in [9.17, 15) is 13.2 Å². The highest BCUT2D eigenvalue weighted by Gasteiger charge is 2.38. The molecule has 3 atom stereocenters. The Bertz CT molecular complexity index is 268. The number of likely N-dealkylation sites (N-methyl/N-ethyl adjacent to an activating group) is 1. The molecule has 0 aromatic carbocycles. The lowest BCUT2D eigenvalue weighted by molar-refractivity contribution is -0.154. The van der Waals surface area contributed by atoms with Gasteiger partial charge in [-0.05, 0) is 45.2 Å². The van der Waals surface area contributed by atoms with Crippen molar-refractivity contribution in [2.75, 3.05) is 20.1 Å². The van der Waals surface area contributed by atoms with Crippen LogP contribution < -0.4 is 5.32 Å². The van der Waals surface area contributed by atoms with Gasteiger partial charge in [0.15, 0.2) is 0 Å². The fourth-order valence-corrected chi connectivity index (χ4v) is 3.52. The molecule has 0 saturated heterocycles. The summed E-state index contributed by atoms with van der Waals surface area (Å²) in [6.07, 6.45) is 1.95. The van der Waals surface area contributed by atoms with Gasteiger partial charge in [-0.1, -0.05) is 26.7 Å². The normalized spacial score (nSPS) is 28.1. The van der Waals surface area contributed by atoms with E-state index < -0.39 is 12.7 Å². The van der Waals surface area contributed by atoms with Crippen LogP contribution in [-0.4, -0.2) is 43.3 Å². The van der Waals surface area contributed by atoms with Gasteiger partial charge in [-0.25, -0.2) is 0 Å². The quantitative estimate of drug-likeness (QED) is 0.768. The Balaban J connectivity index is 2.76. The van der Waals surface area contributed by atoms with E-state index in [1.54, 1.807) is 4.90 Å². The predicted octanol–water partition coefficient (Wildman–Crippen LogP) is 3.82. The number of hydrogen-bond donors (Lipinski definition) is 1. The van der Waals surface area contributed by atoms with Crippen LogP contribution in [0.1, 0.15) is 52.4 Å². The van der Waals surface area contributed by atoms with Gasteiger partial charge in [-0.3, -0.25) is 4.90 Å². The second-order valence-electron chi connectivity index (χ2n) is 6.02. The van der Waals surface area contributed by atoms with E-state index in [2.05, 4.69) is 12.2 Å². The van der Waals surface area contributed by atoms with E-state index in [0.717, 1.165) is 38.5 Å². The second-order valence-corrected chi connectivity index (χ2v) is 6.02. The predicted molar refractivity (Wildman–Crippen MR) is 76.8 cm³/mol. The minimum atomic E-state index is -4.11. The Hall–Kier alpha value is -0.290. The molecule has 2 nitrogen and oxygen atoms in total. The zero-order valence-electron chi connectivity index (χ0n) is 13.0. The number of halogens is 3. The molecule has 0 aliphatic heterocycles. The summed E-state index contributed by atoms with van der Waals surface area (Å²) < 4.78 is 38.4. The smallest absolute Gasteiger partial charge is 0.315 e. The first-order valence-corrected chi connectivity index (χ1v) is 7.89. The molecule has 0 aromatic heterocycles. The number of hydrogen-bond acceptors (Lipinski definition) is 2. The number of nitrogens with one attached hydrogen (secondary N) is 1. The molecule has 3 unspecified atom stereocenters. The second kappa shape index (κ2) is 8.23. The molecule has 5 heteroatoms. The largest absolute Gasteiger partial charge is 0.401 e. The van der Waals surface area contributed by atoms with Crippen molar-refractivity contribution in [2.24, 2.45) is 5.92 Å². The SMILES string of the molecule is CCCC1CCC(NC)C(N(CCC)CC(F)(F)F)C1. The van der Waals surface area contributed by atoms with Gasteiger partial charge < -0.3 is 5.32 Å². The number of nitrogens with zero attached hydrogens (tertiary/aromatic N) is 1. The van der Waals surface area contributed by atoms with Crippen LogP contribution >= 0.6 is 0 Å². The van der Waals surface area contributed by atoms with Gasteiger partial charge in [0.1, 0.15) is 0 Å². The van der Waals surface area contributed by atoms with E-state index in [4.69, 9.17) is 0 Å². The first-order chi connectivity index (χ1) is 9.41.